The molecule has 0 aliphatic carbocycles. The van der Waals surface area contributed by atoms with Gasteiger partial charge in [0.25, 0.3) is 6.10 Å². The third-order valence-corrected chi connectivity index (χ3v) is 2.58. The van der Waals surface area contributed by atoms with Crippen molar-refractivity contribution in [2.45, 2.75) is 24.6 Å². The average Bonchev–Trinajstić information content (AvgIpc) is 2.20. The molecule has 1 aromatic rings. The Kier molecular flexibility index (Phi) is 4.76. The molecule has 0 atom stereocenters. The highest BCUT2D eigenvalue weighted by molar-refractivity contribution is 9.10. The van der Waals surface area contributed by atoms with Crippen molar-refractivity contribution in [3.8, 4) is 5.75 Å². The highest BCUT2D eigenvalue weighted by atomic mass is 79.9. The zero-order valence-electron chi connectivity index (χ0n) is 9.50. The summed E-state index contributed by atoms with van der Waals surface area (Å²) in [4.78, 5) is 0. The van der Waals surface area contributed by atoms with Crippen molar-refractivity contribution in [1.82, 2.24) is 0 Å². The molecule has 0 radical (unpaired) electrons. The van der Waals surface area contributed by atoms with Gasteiger partial charge in [0.15, 0.2) is 0 Å². The molecule has 0 saturated carbocycles. The summed E-state index contributed by atoms with van der Waals surface area (Å²) in [6, 6.07) is 1.50. The predicted molar refractivity (Wildman–Crippen MR) is 55.7 cm³/mol. The summed E-state index contributed by atoms with van der Waals surface area (Å²) in [7, 11) is 0. The Balaban J connectivity index is 3.30. The van der Waals surface area contributed by atoms with Gasteiger partial charge in [0.2, 0.25) is 0 Å². The van der Waals surface area contributed by atoms with E-state index in [0.29, 0.717) is 12.1 Å². The van der Waals surface area contributed by atoms with Crippen LogP contribution in [0.1, 0.15) is 5.56 Å². The van der Waals surface area contributed by atoms with Crippen LogP contribution in [0.5, 0.6) is 5.75 Å². The van der Waals surface area contributed by atoms with E-state index in [1.54, 1.807) is 0 Å². The Bertz CT molecular complexity index is 489. The van der Waals surface area contributed by atoms with Gasteiger partial charge in [0.1, 0.15) is 5.75 Å². The van der Waals surface area contributed by atoms with Gasteiger partial charge in [-0.25, -0.2) is 0 Å². The molecule has 0 aliphatic heterocycles. The fourth-order valence-corrected chi connectivity index (χ4v) is 1.61. The number of halogens is 10. The quantitative estimate of drug-likeness (QED) is 0.619. The fourth-order valence-electron chi connectivity index (χ4n) is 1.27. The summed E-state index contributed by atoms with van der Waals surface area (Å²) in [6.07, 6.45) is -21.4. The first kappa shape index (κ1) is 17.9. The summed E-state index contributed by atoms with van der Waals surface area (Å²) in [5, 5.41) is 0. The van der Waals surface area contributed by atoms with E-state index in [9.17, 15) is 39.5 Å². The molecular formula is C10H4BrF9O. The molecule has 0 amide bonds. The minimum atomic E-state index is -5.91. The minimum Gasteiger partial charge on any atom is -0.471 e. The van der Waals surface area contributed by atoms with Gasteiger partial charge >= 0.3 is 18.5 Å². The number of ether oxygens (including phenoxy) is 1. The van der Waals surface area contributed by atoms with Crippen molar-refractivity contribution in [3.63, 3.8) is 0 Å². The van der Waals surface area contributed by atoms with Crippen LogP contribution in [0.4, 0.5) is 39.5 Å². The van der Waals surface area contributed by atoms with Crippen molar-refractivity contribution in [2.75, 3.05) is 0 Å². The first-order valence-corrected chi connectivity index (χ1v) is 5.69. The Hall–Kier alpha value is -1.13. The number of rotatable bonds is 2. The fraction of sp³-hybridized carbons (Fsp3) is 0.400. The molecule has 0 unspecified atom stereocenters. The second-order valence-corrected chi connectivity index (χ2v) is 4.64. The van der Waals surface area contributed by atoms with Gasteiger partial charge < -0.3 is 4.74 Å². The van der Waals surface area contributed by atoms with Crippen molar-refractivity contribution in [3.05, 3.63) is 28.2 Å². The van der Waals surface area contributed by atoms with Gasteiger partial charge in [-0.05, 0) is 18.2 Å². The molecule has 11 heteroatoms. The highest BCUT2D eigenvalue weighted by Crippen LogP contribution is 2.42. The molecule has 1 aromatic carbocycles. The zero-order valence-corrected chi connectivity index (χ0v) is 11.1. The number of hydrogen-bond donors (Lipinski definition) is 0. The molecule has 1 nitrogen and oxygen atoms in total. The molecule has 1 rings (SSSR count). The van der Waals surface area contributed by atoms with Crippen molar-refractivity contribution in [1.29, 1.82) is 0 Å². The monoisotopic (exact) mass is 390 g/mol. The van der Waals surface area contributed by atoms with E-state index in [0.717, 1.165) is 6.07 Å². The number of hydrogen-bond acceptors (Lipinski definition) is 1. The zero-order chi connectivity index (χ0) is 16.6. The summed E-state index contributed by atoms with van der Waals surface area (Å²) in [6.45, 7) is 0. The Morgan fingerprint density at radius 3 is 1.71 bits per heavy atom. The molecule has 120 valence electrons. The van der Waals surface area contributed by atoms with Crippen molar-refractivity contribution < 1.29 is 44.3 Å². The Labute approximate surface area is 119 Å². The van der Waals surface area contributed by atoms with Crippen LogP contribution in [0.15, 0.2) is 22.7 Å². The lowest BCUT2D eigenvalue weighted by molar-refractivity contribution is -0.300. The maximum Gasteiger partial charge on any atom is 0.434 e. The topological polar surface area (TPSA) is 9.23 Å². The average molecular weight is 391 g/mol. The SMILES string of the molecule is FC(F)(F)c1ccc(Br)cc1OC(C(F)(F)F)C(F)(F)F. The van der Waals surface area contributed by atoms with Gasteiger partial charge in [-0.2, -0.15) is 39.5 Å². The highest BCUT2D eigenvalue weighted by Gasteiger charge is 2.59. The van der Waals surface area contributed by atoms with Crippen molar-refractivity contribution >= 4 is 15.9 Å². The maximum atomic E-state index is 12.6. The van der Waals surface area contributed by atoms with Gasteiger partial charge in [0.05, 0.1) is 5.56 Å². The third kappa shape index (κ3) is 4.68. The molecule has 0 aromatic heterocycles. The van der Waals surface area contributed by atoms with E-state index >= 15 is 0 Å². The third-order valence-electron chi connectivity index (χ3n) is 2.09. The standard InChI is InChI=1S/C10H4BrF9O/c11-4-1-2-5(8(12,13)14)6(3-4)21-7(9(15,16)17)10(18,19)20/h1-3,7H. The van der Waals surface area contributed by atoms with E-state index in [2.05, 4.69) is 20.7 Å². The normalized spacial score (nSPS) is 13.7. The minimum absolute atomic E-state index is 0.173. The lowest BCUT2D eigenvalue weighted by Gasteiger charge is -2.25. The van der Waals surface area contributed by atoms with Crippen LogP contribution in [0.25, 0.3) is 0 Å². The van der Waals surface area contributed by atoms with Crippen LogP contribution in [0.3, 0.4) is 0 Å². The van der Waals surface area contributed by atoms with Gasteiger partial charge in [0, 0.05) is 4.47 Å². The maximum absolute atomic E-state index is 12.6. The summed E-state index contributed by atoms with van der Waals surface area (Å²) < 4.78 is 115. The smallest absolute Gasteiger partial charge is 0.434 e. The van der Waals surface area contributed by atoms with Crippen molar-refractivity contribution in [2.24, 2.45) is 0 Å². The lowest BCUT2D eigenvalue weighted by atomic mass is 10.2. The molecule has 21 heavy (non-hydrogen) atoms. The second kappa shape index (κ2) is 5.58. The molecular weight excluding hydrogens is 387 g/mol. The molecule has 0 N–H and O–H groups in total. The largest absolute Gasteiger partial charge is 0.471 e. The Morgan fingerprint density at radius 1 is 0.857 bits per heavy atom. The van der Waals surface area contributed by atoms with E-state index in [1.807, 2.05) is 0 Å². The van der Waals surface area contributed by atoms with E-state index in [-0.39, 0.29) is 4.47 Å². The first-order chi connectivity index (χ1) is 9.23. The van der Waals surface area contributed by atoms with Gasteiger partial charge in [-0.1, -0.05) is 15.9 Å². The second-order valence-electron chi connectivity index (χ2n) is 3.72. The molecule has 0 spiro atoms. The van der Waals surface area contributed by atoms with Crippen LogP contribution in [0.2, 0.25) is 0 Å². The molecule has 0 aliphatic rings. The number of benzene rings is 1. The predicted octanol–water partition coefficient (Wildman–Crippen LogP) is 5.34. The van der Waals surface area contributed by atoms with Crippen LogP contribution >= 0.6 is 15.9 Å². The van der Waals surface area contributed by atoms with Gasteiger partial charge in [-0.3, -0.25) is 0 Å². The van der Waals surface area contributed by atoms with Gasteiger partial charge in [-0.15, -0.1) is 0 Å². The Morgan fingerprint density at radius 2 is 1.33 bits per heavy atom. The van der Waals surface area contributed by atoms with E-state index in [4.69, 9.17) is 0 Å². The molecule has 0 bridgehead atoms. The molecule has 0 heterocycles. The summed E-state index contributed by atoms with van der Waals surface area (Å²) in [5.41, 5.74) is -1.75. The summed E-state index contributed by atoms with van der Waals surface area (Å²) >= 11 is 2.64. The number of alkyl halides is 9. The molecule has 0 saturated heterocycles. The first-order valence-electron chi connectivity index (χ1n) is 4.90. The van der Waals surface area contributed by atoms with Crippen LogP contribution in [0, 0.1) is 0 Å². The van der Waals surface area contributed by atoms with Crippen LogP contribution in [-0.2, 0) is 6.18 Å². The van der Waals surface area contributed by atoms with E-state index < -0.39 is 35.9 Å². The molecule has 0 fully saturated rings. The lowest BCUT2D eigenvalue weighted by Crippen LogP contribution is -2.46. The van der Waals surface area contributed by atoms with Crippen LogP contribution in [-0.4, -0.2) is 18.5 Å². The van der Waals surface area contributed by atoms with Crippen LogP contribution < -0.4 is 4.74 Å². The summed E-state index contributed by atoms with van der Waals surface area (Å²) in [5.74, 6) is -1.57. The van der Waals surface area contributed by atoms with E-state index in [1.165, 1.54) is 0 Å².